The molecule has 0 aromatic heterocycles. The minimum atomic E-state index is -4.21. The van der Waals surface area contributed by atoms with E-state index in [2.05, 4.69) is 0 Å². The van der Waals surface area contributed by atoms with Gasteiger partial charge in [-0.2, -0.15) is 13.2 Å². The molecule has 1 aromatic rings. The Bertz CT molecular complexity index is 571. The van der Waals surface area contributed by atoms with E-state index >= 15 is 0 Å². The second-order valence-corrected chi connectivity index (χ2v) is 5.58. The molecule has 2 aliphatic heterocycles. The van der Waals surface area contributed by atoms with Gasteiger partial charge in [0.25, 0.3) is 5.91 Å². The molecule has 126 valence electrons. The van der Waals surface area contributed by atoms with Gasteiger partial charge in [0.2, 0.25) is 6.10 Å². The highest BCUT2D eigenvalue weighted by molar-refractivity contribution is 5.82. The average molecular weight is 330 g/mol. The summed E-state index contributed by atoms with van der Waals surface area (Å²) in [6.45, 7) is 0.0989. The molecule has 3 rings (SSSR count). The smallest absolute Gasteiger partial charge is 0.401 e. The van der Waals surface area contributed by atoms with Gasteiger partial charge in [0.05, 0.1) is 6.54 Å². The van der Waals surface area contributed by atoms with E-state index in [1.807, 2.05) is 6.07 Å². The van der Waals surface area contributed by atoms with Crippen molar-refractivity contribution in [2.24, 2.45) is 0 Å². The van der Waals surface area contributed by atoms with E-state index in [1.165, 1.54) is 9.80 Å². The summed E-state index contributed by atoms with van der Waals surface area (Å²) in [5, 5.41) is 0. The van der Waals surface area contributed by atoms with Crippen LogP contribution in [-0.4, -0.2) is 67.3 Å². The van der Waals surface area contributed by atoms with Gasteiger partial charge in [-0.15, -0.1) is 0 Å². The second kappa shape index (κ2) is 6.27. The molecule has 2 aliphatic rings. The predicted octanol–water partition coefficient (Wildman–Crippen LogP) is 1.53. The van der Waals surface area contributed by atoms with Crippen molar-refractivity contribution in [3.63, 3.8) is 0 Å². The van der Waals surface area contributed by atoms with Gasteiger partial charge in [-0.1, -0.05) is 12.1 Å². The van der Waals surface area contributed by atoms with E-state index in [0.717, 1.165) is 0 Å². The van der Waals surface area contributed by atoms with Crippen LogP contribution in [-0.2, 0) is 4.79 Å². The summed E-state index contributed by atoms with van der Waals surface area (Å²) in [6, 6.07) is 7.07. The molecule has 8 heteroatoms. The number of alkyl halides is 3. The monoisotopic (exact) mass is 330 g/mol. The van der Waals surface area contributed by atoms with Gasteiger partial charge in [-0.25, -0.2) is 0 Å². The van der Waals surface area contributed by atoms with E-state index < -0.39 is 18.8 Å². The molecule has 1 saturated heterocycles. The molecule has 0 N–H and O–H groups in total. The highest BCUT2D eigenvalue weighted by atomic mass is 19.4. The Morgan fingerprint density at radius 2 is 1.78 bits per heavy atom. The summed E-state index contributed by atoms with van der Waals surface area (Å²) in [4.78, 5) is 15.3. The molecule has 2 heterocycles. The Kier molecular flexibility index (Phi) is 4.34. The van der Waals surface area contributed by atoms with Gasteiger partial charge >= 0.3 is 6.18 Å². The quantitative estimate of drug-likeness (QED) is 0.825. The zero-order valence-corrected chi connectivity index (χ0v) is 12.4. The summed E-state index contributed by atoms with van der Waals surface area (Å²) in [6.07, 6.45) is -4.96. The maximum absolute atomic E-state index is 12.4. The summed E-state index contributed by atoms with van der Waals surface area (Å²) in [5.74, 6) is 0.852. The number of ether oxygens (including phenoxy) is 2. The maximum Gasteiger partial charge on any atom is 0.401 e. The second-order valence-electron chi connectivity index (χ2n) is 5.58. The Balaban J connectivity index is 1.54. The Morgan fingerprint density at radius 1 is 1.13 bits per heavy atom. The number of benzene rings is 1. The maximum atomic E-state index is 12.4. The first-order valence-corrected chi connectivity index (χ1v) is 7.39. The summed E-state index contributed by atoms with van der Waals surface area (Å²) < 4.78 is 48.3. The number of hydrogen-bond donors (Lipinski definition) is 0. The fraction of sp³-hybridized carbons (Fsp3) is 0.533. The molecule has 1 unspecified atom stereocenters. The van der Waals surface area contributed by atoms with Crippen LogP contribution in [0.5, 0.6) is 11.5 Å². The van der Waals surface area contributed by atoms with Crippen LogP contribution < -0.4 is 9.47 Å². The highest BCUT2D eigenvalue weighted by Crippen LogP contribution is 2.31. The van der Waals surface area contributed by atoms with Crippen molar-refractivity contribution >= 4 is 5.91 Å². The summed E-state index contributed by atoms with van der Waals surface area (Å²) in [7, 11) is 0. The van der Waals surface area contributed by atoms with Crippen LogP contribution in [0.3, 0.4) is 0 Å². The van der Waals surface area contributed by atoms with Crippen LogP contribution in [0.1, 0.15) is 0 Å². The Morgan fingerprint density at radius 3 is 2.43 bits per heavy atom. The molecule has 0 radical (unpaired) electrons. The number of carbonyl (C=O) groups is 1. The molecule has 5 nitrogen and oxygen atoms in total. The predicted molar refractivity (Wildman–Crippen MR) is 75.4 cm³/mol. The SMILES string of the molecule is O=C(C1COc2ccccc2O1)N1CCN(CC(F)(F)F)CC1. The zero-order chi connectivity index (χ0) is 16.4. The normalized spacial score (nSPS) is 22.0. The van der Waals surface area contributed by atoms with Crippen LogP contribution in [0.15, 0.2) is 24.3 Å². The van der Waals surface area contributed by atoms with Gasteiger partial charge in [-0.05, 0) is 12.1 Å². The molecule has 0 saturated carbocycles. The molecule has 23 heavy (non-hydrogen) atoms. The average Bonchev–Trinajstić information content (AvgIpc) is 2.53. The lowest BCUT2D eigenvalue weighted by molar-refractivity contribution is -0.154. The van der Waals surface area contributed by atoms with E-state index in [4.69, 9.17) is 9.47 Å². The number of fused-ring (bicyclic) bond motifs is 1. The minimum absolute atomic E-state index is 0.110. The van der Waals surface area contributed by atoms with Gasteiger partial charge in [0, 0.05) is 26.2 Å². The summed E-state index contributed by atoms with van der Waals surface area (Å²) >= 11 is 0. The number of nitrogens with zero attached hydrogens (tertiary/aromatic N) is 2. The first-order chi connectivity index (χ1) is 10.9. The lowest BCUT2D eigenvalue weighted by atomic mass is 10.2. The third-order valence-electron chi connectivity index (χ3n) is 3.87. The topological polar surface area (TPSA) is 42.0 Å². The number of rotatable bonds is 2. The standard InChI is InChI=1S/C15H17F3N2O3/c16-15(17,18)10-19-5-7-20(8-6-19)14(21)13-9-22-11-3-1-2-4-12(11)23-13/h1-4,13H,5-10H2. The van der Waals surface area contributed by atoms with E-state index in [-0.39, 0.29) is 38.7 Å². The van der Waals surface area contributed by atoms with Crippen LogP contribution in [0, 0.1) is 0 Å². The number of halogens is 3. The lowest BCUT2D eigenvalue weighted by Crippen LogP contribution is -2.55. The number of piperazine rings is 1. The molecule has 1 amide bonds. The Hall–Kier alpha value is -1.96. The molecule has 0 bridgehead atoms. The molecule has 1 atom stereocenters. The Labute approximate surface area is 131 Å². The molecule has 1 fully saturated rings. The molecular formula is C15H17F3N2O3. The van der Waals surface area contributed by atoms with E-state index in [1.54, 1.807) is 18.2 Å². The first-order valence-electron chi connectivity index (χ1n) is 7.39. The molecule has 1 aromatic carbocycles. The molecular weight excluding hydrogens is 313 g/mol. The van der Waals surface area contributed by atoms with E-state index in [0.29, 0.717) is 11.5 Å². The van der Waals surface area contributed by atoms with Crippen molar-refractivity contribution in [1.29, 1.82) is 0 Å². The van der Waals surface area contributed by atoms with Crippen LogP contribution in [0.25, 0.3) is 0 Å². The fourth-order valence-electron chi connectivity index (χ4n) is 2.72. The number of para-hydroxylation sites is 2. The van der Waals surface area contributed by atoms with Crippen molar-refractivity contribution in [2.75, 3.05) is 39.3 Å². The van der Waals surface area contributed by atoms with Crippen molar-refractivity contribution in [1.82, 2.24) is 9.80 Å². The van der Waals surface area contributed by atoms with Crippen molar-refractivity contribution in [3.8, 4) is 11.5 Å². The number of carbonyl (C=O) groups excluding carboxylic acids is 1. The zero-order valence-electron chi connectivity index (χ0n) is 12.4. The number of hydrogen-bond acceptors (Lipinski definition) is 4. The largest absolute Gasteiger partial charge is 0.485 e. The lowest BCUT2D eigenvalue weighted by Gasteiger charge is -2.37. The highest BCUT2D eigenvalue weighted by Gasteiger charge is 2.35. The van der Waals surface area contributed by atoms with Gasteiger partial charge in [0.1, 0.15) is 6.61 Å². The molecule has 0 spiro atoms. The van der Waals surface area contributed by atoms with Gasteiger partial charge in [0.15, 0.2) is 11.5 Å². The van der Waals surface area contributed by atoms with Crippen LogP contribution in [0.4, 0.5) is 13.2 Å². The minimum Gasteiger partial charge on any atom is -0.485 e. The van der Waals surface area contributed by atoms with Crippen LogP contribution in [0.2, 0.25) is 0 Å². The van der Waals surface area contributed by atoms with Crippen molar-refractivity contribution in [3.05, 3.63) is 24.3 Å². The third-order valence-corrected chi connectivity index (χ3v) is 3.87. The summed E-state index contributed by atoms with van der Waals surface area (Å²) in [5.41, 5.74) is 0. The van der Waals surface area contributed by atoms with Gasteiger partial charge < -0.3 is 14.4 Å². The van der Waals surface area contributed by atoms with Gasteiger partial charge in [-0.3, -0.25) is 9.69 Å². The number of amides is 1. The third kappa shape index (κ3) is 3.87. The molecule has 0 aliphatic carbocycles. The van der Waals surface area contributed by atoms with Crippen molar-refractivity contribution < 1.29 is 27.4 Å². The van der Waals surface area contributed by atoms with Crippen molar-refractivity contribution in [2.45, 2.75) is 12.3 Å². The first kappa shape index (κ1) is 15.9. The fourth-order valence-corrected chi connectivity index (χ4v) is 2.72. The van der Waals surface area contributed by atoms with Crippen LogP contribution >= 0.6 is 0 Å². The van der Waals surface area contributed by atoms with E-state index in [9.17, 15) is 18.0 Å².